The molecule has 6 heteroatoms. The Morgan fingerprint density at radius 3 is 1.09 bits per heavy atom. The number of unbranched alkanes of at least 4 members (excludes halogenated alkanes) is 25. The molecule has 0 bridgehead atoms. The lowest BCUT2D eigenvalue weighted by Gasteiger charge is -2.18. The van der Waals surface area contributed by atoms with E-state index in [1.165, 1.54) is 103 Å². The van der Waals surface area contributed by atoms with E-state index in [1.54, 1.807) is 0 Å². The maximum atomic E-state index is 12.7. The normalized spacial score (nSPS) is 12.4. The smallest absolute Gasteiger partial charge is 0.306 e. The van der Waals surface area contributed by atoms with Gasteiger partial charge in [0.25, 0.3) is 0 Å². The van der Waals surface area contributed by atoms with Gasteiger partial charge in [-0.05, 0) is 89.9 Å². The predicted octanol–water partition coefficient (Wildman–Crippen LogP) is 15.9. The third kappa shape index (κ3) is 44.5. The summed E-state index contributed by atoms with van der Waals surface area (Å²) in [7, 11) is 0. The number of allylic oxidation sites excluding steroid dienone is 8. The third-order valence-electron chi connectivity index (χ3n) is 10.5. The van der Waals surface area contributed by atoms with Crippen molar-refractivity contribution in [2.45, 2.75) is 252 Å². The number of carbonyl (C=O) groups is 3. The second-order valence-electron chi connectivity index (χ2n) is 16.4. The van der Waals surface area contributed by atoms with E-state index >= 15 is 0 Å². The largest absolute Gasteiger partial charge is 0.462 e. The van der Waals surface area contributed by atoms with E-state index in [0.29, 0.717) is 19.3 Å². The lowest BCUT2D eigenvalue weighted by molar-refractivity contribution is -0.167. The summed E-state index contributed by atoms with van der Waals surface area (Å²) in [6, 6.07) is 0. The average Bonchev–Trinajstić information content (AvgIpc) is 3.22. The summed E-state index contributed by atoms with van der Waals surface area (Å²) in [4.78, 5) is 37.8. The van der Waals surface area contributed by atoms with Gasteiger partial charge in [-0.3, -0.25) is 14.4 Å². The second-order valence-corrected chi connectivity index (χ2v) is 16.4. The van der Waals surface area contributed by atoms with Crippen molar-refractivity contribution in [2.75, 3.05) is 13.2 Å². The minimum absolute atomic E-state index is 0.0855. The number of hydrogen-bond acceptors (Lipinski definition) is 6. The van der Waals surface area contributed by atoms with Gasteiger partial charge in [0.2, 0.25) is 0 Å². The van der Waals surface area contributed by atoms with E-state index in [1.807, 2.05) is 0 Å². The van der Waals surface area contributed by atoms with Gasteiger partial charge in [0.1, 0.15) is 13.2 Å². The van der Waals surface area contributed by atoms with Crippen LogP contribution in [0.2, 0.25) is 0 Å². The highest BCUT2D eigenvalue weighted by atomic mass is 16.6. The lowest BCUT2D eigenvalue weighted by atomic mass is 10.1. The Kier molecular flexibility index (Phi) is 44.9. The fraction of sp³-hybridized carbons (Fsp3) is 0.788. The molecule has 0 aromatic carbocycles. The molecular weight excluding hydrogens is 721 g/mol. The molecule has 6 nitrogen and oxygen atoms in total. The van der Waals surface area contributed by atoms with Gasteiger partial charge in [0.15, 0.2) is 6.10 Å². The summed E-state index contributed by atoms with van der Waals surface area (Å²) >= 11 is 0. The standard InChI is InChI=1S/C52H92O6/c1-4-7-10-13-16-19-22-24-26-27-29-30-33-36-39-42-45-51(54)57-48-49(47-56-50(53)44-41-38-35-32-21-18-15-12-9-6-3)58-52(55)46-43-40-37-34-31-28-25-23-20-17-14-11-8-5-2/h12,14-15,17,23,25-27,49H,4-11,13,16,18-22,24,28-48H2,1-3H3/b15-12-,17-14-,25-23-,27-26-. The van der Waals surface area contributed by atoms with Crippen molar-refractivity contribution < 1.29 is 28.6 Å². The van der Waals surface area contributed by atoms with Gasteiger partial charge in [-0.1, -0.05) is 185 Å². The predicted molar refractivity (Wildman–Crippen MR) is 247 cm³/mol. The first-order valence-electron chi connectivity index (χ1n) is 24.6. The maximum Gasteiger partial charge on any atom is 0.306 e. The van der Waals surface area contributed by atoms with Gasteiger partial charge >= 0.3 is 17.9 Å². The molecule has 0 aromatic heterocycles. The summed E-state index contributed by atoms with van der Waals surface area (Å²) in [6.07, 6.45) is 55.2. The van der Waals surface area contributed by atoms with Crippen molar-refractivity contribution >= 4 is 17.9 Å². The average molecular weight is 813 g/mol. The minimum Gasteiger partial charge on any atom is -0.462 e. The van der Waals surface area contributed by atoms with Crippen LogP contribution in [0.5, 0.6) is 0 Å². The monoisotopic (exact) mass is 813 g/mol. The summed E-state index contributed by atoms with van der Waals surface area (Å²) in [6.45, 7) is 6.51. The molecular formula is C52H92O6. The molecule has 0 rings (SSSR count). The zero-order valence-electron chi connectivity index (χ0n) is 38.3. The zero-order chi connectivity index (χ0) is 42.3. The molecule has 0 aromatic rings. The summed E-state index contributed by atoms with van der Waals surface area (Å²) < 4.78 is 16.7. The Labute approximate surface area is 358 Å². The number of rotatable bonds is 44. The van der Waals surface area contributed by atoms with Crippen molar-refractivity contribution in [1.82, 2.24) is 0 Å². The summed E-state index contributed by atoms with van der Waals surface area (Å²) in [5.74, 6) is -0.916. The third-order valence-corrected chi connectivity index (χ3v) is 10.5. The van der Waals surface area contributed by atoms with Crippen molar-refractivity contribution in [3.05, 3.63) is 48.6 Å². The van der Waals surface area contributed by atoms with Crippen LogP contribution in [-0.2, 0) is 28.6 Å². The molecule has 0 spiro atoms. The van der Waals surface area contributed by atoms with Crippen LogP contribution in [0.25, 0.3) is 0 Å². The van der Waals surface area contributed by atoms with Crippen LogP contribution in [-0.4, -0.2) is 37.2 Å². The molecule has 1 unspecified atom stereocenters. The molecule has 0 heterocycles. The molecule has 0 radical (unpaired) electrons. The molecule has 1 atom stereocenters. The van der Waals surface area contributed by atoms with Crippen LogP contribution in [0.4, 0.5) is 0 Å². The first-order valence-corrected chi connectivity index (χ1v) is 24.6. The van der Waals surface area contributed by atoms with Crippen molar-refractivity contribution in [1.29, 1.82) is 0 Å². The zero-order valence-corrected chi connectivity index (χ0v) is 38.3. The number of hydrogen-bond donors (Lipinski definition) is 0. The molecule has 0 aliphatic carbocycles. The Balaban J connectivity index is 4.38. The van der Waals surface area contributed by atoms with Gasteiger partial charge in [0.05, 0.1) is 0 Å². The van der Waals surface area contributed by atoms with Crippen LogP contribution < -0.4 is 0 Å². The maximum absolute atomic E-state index is 12.7. The fourth-order valence-corrected chi connectivity index (χ4v) is 6.75. The van der Waals surface area contributed by atoms with Gasteiger partial charge < -0.3 is 14.2 Å². The Hall–Kier alpha value is -2.63. The highest BCUT2D eigenvalue weighted by Crippen LogP contribution is 2.14. The molecule has 0 N–H and O–H groups in total. The van der Waals surface area contributed by atoms with E-state index in [2.05, 4.69) is 69.4 Å². The van der Waals surface area contributed by atoms with Crippen LogP contribution in [0.1, 0.15) is 245 Å². The summed E-state index contributed by atoms with van der Waals surface area (Å²) in [5, 5.41) is 0. The summed E-state index contributed by atoms with van der Waals surface area (Å²) in [5.41, 5.74) is 0. The SMILES string of the molecule is CCC/C=C\CCCCCCCC(=O)OCC(COC(=O)CCCCCCC/C=C\CCCCCCCCC)OC(=O)CCCCCCC/C=C\C/C=C\CCCC. The Morgan fingerprint density at radius 2 is 0.672 bits per heavy atom. The van der Waals surface area contributed by atoms with E-state index in [-0.39, 0.29) is 31.1 Å². The molecule has 0 fully saturated rings. The van der Waals surface area contributed by atoms with E-state index in [9.17, 15) is 14.4 Å². The minimum atomic E-state index is -0.784. The molecule has 336 valence electrons. The topological polar surface area (TPSA) is 78.9 Å². The van der Waals surface area contributed by atoms with Crippen molar-refractivity contribution in [3.63, 3.8) is 0 Å². The second kappa shape index (κ2) is 47.1. The quantitative estimate of drug-likeness (QED) is 0.0264. The van der Waals surface area contributed by atoms with E-state index in [0.717, 1.165) is 103 Å². The number of ether oxygens (including phenoxy) is 3. The first kappa shape index (κ1) is 55.4. The number of carbonyl (C=O) groups excluding carboxylic acids is 3. The van der Waals surface area contributed by atoms with Gasteiger partial charge in [-0.25, -0.2) is 0 Å². The lowest BCUT2D eigenvalue weighted by Crippen LogP contribution is -2.30. The number of esters is 3. The molecule has 58 heavy (non-hydrogen) atoms. The van der Waals surface area contributed by atoms with Crippen LogP contribution in [0.3, 0.4) is 0 Å². The van der Waals surface area contributed by atoms with Crippen molar-refractivity contribution in [2.24, 2.45) is 0 Å². The van der Waals surface area contributed by atoms with E-state index < -0.39 is 6.10 Å². The molecule has 0 aliphatic heterocycles. The Bertz CT molecular complexity index is 1030. The van der Waals surface area contributed by atoms with Crippen LogP contribution in [0, 0.1) is 0 Å². The molecule has 0 saturated carbocycles. The van der Waals surface area contributed by atoms with Gasteiger partial charge in [0, 0.05) is 19.3 Å². The van der Waals surface area contributed by atoms with Crippen LogP contribution in [0.15, 0.2) is 48.6 Å². The van der Waals surface area contributed by atoms with Crippen LogP contribution >= 0.6 is 0 Å². The Morgan fingerprint density at radius 1 is 0.345 bits per heavy atom. The molecule has 0 amide bonds. The highest BCUT2D eigenvalue weighted by molar-refractivity contribution is 5.71. The van der Waals surface area contributed by atoms with Gasteiger partial charge in [-0.2, -0.15) is 0 Å². The molecule has 0 aliphatic rings. The van der Waals surface area contributed by atoms with Gasteiger partial charge in [-0.15, -0.1) is 0 Å². The first-order chi connectivity index (χ1) is 28.5. The highest BCUT2D eigenvalue weighted by Gasteiger charge is 2.19. The fourth-order valence-electron chi connectivity index (χ4n) is 6.75. The van der Waals surface area contributed by atoms with Crippen molar-refractivity contribution in [3.8, 4) is 0 Å². The van der Waals surface area contributed by atoms with E-state index in [4.69, 9.17) is 14.2 Å². The molecule has 0 saturated heterocycles.